The first-order chi connectivity index (χ1) is 10.3. The van der Waals surface area contributed by atoms with E-state index in [2.05, 4.69) is 37.7 Å². The van der Waals surface area contributed by atoms with Crippen LogP contribution in [0.25, 0.3) is 0 Å². The number of nitrogens with zero attached hydrogens (tertiary/aromatic N) is 4. The van der Waals surface area contributed by atoms with Gasteiger partial charge in [-0.25, -0.2) is 9.97 Å². The largest absolute Gasteiger partial charge is 0.347 e. The van der Waals surface area contributed by atoms with Crippen LogP contribution in [0.5, 0.6) is 0 Å². The summed E-state index contributed by atoms with van der Waals surface area (Å²) in [6.07, 6.45) is 1.19. The molecule has 22 heavy (non-hydrogen) atoms. The Kier molecular flexibility index (Phi) is 5.04. The van der Waals surface area contributed by atoms with E-state index in [9.17, 15) is 4.79 Å². The fourth-order valence-electron chi connectivity index (χ4n) is 3.05. The van der Waals surface area contributed by atoms with Gasteiger partial charge in [-0.15, -0.1) is 0 Å². The topological polar surface area (TPSA) is 49.3 Å². The lowest BCUT2D eigenvalue weighted by Gasteiger charge is -2.34. The molecule has 122 valence electrons. The molecule has 0 radical (unpaired) electrons. The number of likely N-dealkylation sites (tertiary alicyclic amines) is 1. The zero-order valence-electron chi connectivity index (χ0n) is 14.6. The third-order valence-electron chi connectivity index (χ3n) is 4.10. The van der Waals surface area contributed by atoms with Crippen LogP contribution >= 0.6 is 0 Å². The van der Waals surface area contributed by atoms with E-state index in [0.29, 0.717) is 23.5 Å². The minimum atomic E-state index is 0.0331. The van der Waals surface area contributed by atoms with Crippen LogP contribution in [0.3, 0.4) is 0 Å². The molecule has 5 heteroatoms. The van der Waals surface area contributed by atoms with Crippen molar-refractivity contribution in [2.75, 3.05) is 32.1 Å². The first kappa shape index (κ1) is 16.7. The van der Waals surface area contributed by atoms with Crippen molar-refractivity contribution in [1.29, 1.82) is 0 Å². The Morgan fingerprint density at radius 2 is 1.82 bits per heavy atom. The van der Waals surface area contributed by atoms with Crippen molar-refractivity contribution < 1.29 is 4.79 Å². The van der Waals surface area contributed by atoms with Crippen LogP contribution in [0.15, 0.2) is 6.07 Å². The molecule has 2 rings (SSSR count). The van der Waals surface area contributed by atoms with Gasteiger partial charge in [0.2, 0.25) is 5.95 Å². The highest BCUT2D eigenvalue weighted by molar-refractivity contribution is 5.92. The Morgan fingerprint density at radius 1 is 1.23 bits per heavy atom. The van der Waals surface area contributed by atoms with Gasteiger partial charge in [-0.1, -0.05) is 27.7 Å². The molecular formula is C17H28N4O. The molecule has 2 unspecified atom stereocenters. The molecule has 1 amide bonds. The van der Waals surface area contributed by atoms with Gasteiger partial charge in [-0.05, 0) is 30.2 Å². The van der Waals surface area contributed by atoms with Crippen LogP contribution in [0, 0.1) is 11.8 Å². The molecule has 1 saturated heterocycles. The maximum atomic E-state index is 12.9. The Bertz CT molecular complexity index is 505. The molecule has 2 atom stereocenters. The molecule has 0 N–H and O–H groups in total. The highest BCUT2D eigenvalue weighted by atomic mass is 16.2. The summed E-state index contributed by atoms with van der Waals surface area (Å²) in [7, 11) is 3.80. The lowest BCUT2D eigenvalue weighted by Crippen LogP contribution is -2.43. The number of piperidine rings is 1. The zero-order chi connectivity index (χ0) is 16.4. The van der Waals surface area contributed by atoms with Gasteiger partial charge in [0.05, 0.1) is 0 Å². The van der Waals surface area contributed by atoms with E-state index in [1.165, 1.54) is 6.42 Å². The van der Waals surface area contributed by atoms with Crippen LogP contribution in [-0.4, -0.2) is 48.0 Å². The quantitative estimate of drug-likeness (QED) is 0.861. The minimum absolute atomic E-state index is 0.0331. The average Bonchev–Trinajstić information content (AvgIpc) is 2.44. The summed E-state index contributed by atoms with van der Waals surface area (Å²) in [5.41, 5.74) is 1.43. The van der Waals surface area contributed by atoms with Crippen molar-refractivity contribution in [3.8, 4) is 0 Å². The number of anilines is 1. The second kappa shape index (κ2) is 6.63. The molecule has 2 heterocycles. The van der Waals surface area contributed by atoms with Gasteiger partial charge in [0.1, 0.15) is 5.69 Å². The lowest BCUT2D eigenvalue weighted by atomic mass is 9.91. The Morgan fingerprint density at radius 3 is 2.32 bits per heavy atom. The van der Waals surface area contributed by atoms with Crippen LogP contribution in [-0.2, 0) is 0 Å². The summed E-state index contributed by atoms with van der Waals surface area (Å²) in [6, 6.07) is 1.85. The van der Waals surface area contributed by atoms with Crippen LogP contribution in [0.2, 0.25) is 0 Å². The van der Waals surface area contributed by atoms with E-state index in [0.717, 1.165) is 18.8 Å². The first-order valence-electron chi connectivity index (χ1n) is 8.13. The Balaban J connectivity index is 2.32. The fourth-order valence-corrected chi connectivity index (χ4v) is 3.05. The van der Waals surface area contributed by atoms with Gasteiger partial charge < -0.3 is 9.80 Å². The third kappa shape index (κ3) is 3.76. The first-order valence-corrected chi connectivity index (χ1v) is 8.13. The number of carbonyl (C=O) groups is 1. The van der Waals surface area contributed by atoms with Crippen molar-refractivity contribution >= 4 is 11.9 Å². The van der Waals surface area contributed by atoms with Gasteiger partial charge in [0.25, 0.3) is 5.91 Å². The average molecular weight is 304 g/mol. The Hall–Kier alpha value is -1.65. The molecule has 1 aromatic heterocycles. The van der Waals surface area contributed by atoms with Gasteiger partial charge in [0, 0.05) is 32.9 Å². The zero-order valence-corrected chi connectivity index (χ0v) is 14.6. The van der Waals surface area contributed by atoms with E-state index in [4.69, 9.17) is 0 Å². The molecule has 0 bridgehead atoms. The fraction of sp³-hybridized carbons (Fsp3) is 0.706. The predicted octanol–water partition coefficient (Wildman–Crippen LogP) is 2.78. The van der Waals surface area contributed by atoms with E-state index in [-0.39, 0.29) is 11.8 Å². The lowest BCUT2D eigenvalue weighted by molar-refractivity contribution is 0.0617. The second-order valence-corrected chi connectivity index (χ2v) is 7.18. The molecular weight excluding hydrogens is 276 g/mol. The number of aromatic nitrogens is 2. The minimum Gasteiger partial charge on any atom is -0.347 e. The number of hydrogen-bond acceptors (Lipinski definition) is 4. The molecule has 1 aliphatic rings. The second-order valence-electron chi connectivity index (χ2n) is 7.18. The van der Waals surface area contributed by atoms with Crippen molar-refractivity contribution in [2.24, 2.45) is 11.8 Å². The van der Waals surface area contributed by atoms with E-state index in [1.54, 1.807) is 0 Å². The SMILES string of the molecule is CC1CC(C)CN(C(=O)c2cc(C(C)C)nc(N(C)C)n2)C1. The number of carbonyl (C=O) groups excluding carboxylic acids is 1. The van der Waals surface area contributed by atoms with Gasteiger partial charge in [0.15, 0.2) is 0 Å². The highest BCUT2D eigenvalue weighted by Gasteiger charge is 2.27. The molecule has 0 saturated carbocycles. The maximum Gasteiger partial charge on any atom is 0.272 e. The number of rotatable bonds is 3. The summed E-state index contributed by atoms with van der Waals surface area (Å²) < 4.78 is 0. The maximum absolute atomic E-state index is 12.9. The molecule has 1 aliphatic heterocycles. The predicted molar refractivity (Wildman–Crippen MR) is 89.3 cm³/mol. The van der Waals surface area contributed by atoms with Crippen molar-refractivity contribution in [3.63, 3.8) is 0 Å². The van der Waals surface area contributed by atoms with Crippen LogP contribution in [0.4, 0.5) is 5.95 Å². The summed E-state index contributed by atoms with van der Waals surface area (Å²) in [4.78, 5) is 25.7. The van der Waals surface area contributed by atoms with Crippen LogP contribution < -0.4 is 4.90 Å². The van der Waals surface area contributed by atoms with Gasteiger partial charge in [-0.2, -0.15) is 0 Å². The molecule has 1 fully saturated rings. The molecule has 1 aromatic rings. The monoisotopic (exact) mass is 304 g/mol. The van der Waals surface area contributed by atoms with Crippen molar-refractivity contribution in [3.05, 3.63) is 17.5 Å². The summed E-state index contributed by atoms with van der Waals surface area (Å²) in [5, 5.41) is 0. The van der Waals surface area contributed by atoms with E-state index in [1.807, 2.05) is 30.0 Å². The summed E-state index contributed by atoms with van der Waals surface area (Å²) in [5.74, 6) is 2.01. The highest BCUT2D eigenvalue weighted by Crippen LogP contribution is 2.23. The van der Waals surface area contributed by atoms with Gasteiger partial charge >= 0.3 is 0 Å². The number of amides is 1. The normalized spacial score (nSPS) is 22.0. The van der Waals surface area contributed by atoms with E-state index < -0.39 is 0 Å². The molecule has 5 nitrogen and oxygen atoms in total. The molecule has 0 spiro atoms. The van der Waals surface area contributed by atoms with E-state index >= 15 is 0 Å². The van der Waals surface area contributed by atoms with Crippen LogP contribution in [0.1, 0.15) is 56.2 Å². The summed E-state index contributed by atoms with van der Waals surface area (Å²) >= 11 is 0. The smallest absolute Gasteiger partial charge is 0.272 e. The number of hydrogen-bond donors (Lipinski definition) is 0. The standard InChI is InChI=1S/C17H28N4O/c1-11(2)14-8-15(19-17(18-14)20(5)6)16(22)21-9-12(3)7-13(4)10-21/h8,11-13H,7,9-10H2,1-6H3. The van der Waals surface area contributed by atoms with Crippen molar-refractivity contribution in [1.82, 2.24) is 14.9 Å². The van der Waals surface area contributed by atoms with Gasteiger partial charge in [-0.3, -0.25) is 4.79 Å². The summed E-state index contributed by atoms with van der Waals surface area (Å²) in [6.45, 7) is 10.2. The Labute approximate surface area is 133 Å². The van der Waals surface area contributed by atoms with Crippen molar-refractivity contribution in [2.45, 2.75) is 40.0 Å². The third-order valence-corrected chi connectivity index (χ3v) is 4.10. The molecule has 0 aliphatic carbocycles. The molecule has 0 aromatic carbocycles.